The lowest BCUT2D eigenvalue weighted by molar-refractivity contribution is -0.187. The summed E-state index contributed by atoms with van der Waals surface area (Å²) in [5.41, 5.74) is 1.17. The van der Waals surface area contributed by atoms with Crippen LogP contribution < -0.4 is 4.74 Å². The van der Waals surface area contributed by atoms with Gasteiger partial charge in [0, 0.05) is 29.0 Å². The third-order valence-corrected chi connectivity index (χ3v) is 5.36. The molecule has 0 saturated heterocycles. The minimum atomic E-state index is -4.15. The van der Waals surface area contributed by atoms with Crippen molar-refractivity contribution in [2.24, 2.45) is 0 Å². The highest BCUT2D eigenvalue weighted by Gasteiger charge is 2.38. The minimum absolute atomic E-state index is 0.209. The number of benzene rings is 3. The highest BCUT2D eigenvalue weighted by Crippen LogP contribution is 2.35. The molecule has 0 fully saturated rings. The van der Waals surface area contributed by atoms with Crippen molar-refractivity contribution in [3.8, 4) is 28.1 Å². The Morgan fingerprint density at radius 1 is 0.743 bits per heavy atom. The van der Waals surface area contributed by atoms with Crippen LogP contribution in [0.4, 0.5) is 26.3 Å². The molecular formula is C27H19F6NO. The predicted octanol–water partition coefficient (Wildman–Crippen LogP) is 8.05. The largest absolute Gasteiger partial charge is 0.429 e. The lowest BCUT2D eigenvalue weighted by atomic mass is 10.0. The summed E-state index contributed by atoms with van der Waals surface area (Å²) >= 11 is 0. The maximum Gasteiger partial charge on any atom is 0.429 e. The van der Waals surface area contributed by atoms with Crippen LogP contribution in [0.15, 0.2) is 72.9 Å². The van der Waals surface area contributed by atoms with E-state index >= 15 is 0 Å². The Morgan fingerprint density at radius 2 is 1.51 bits per heavy atom. The molecule has 0 N–H and O–H groups in total. The van der Waals surface area contributed by atoms with Crippen molar-refractivity contribution >= 4 is 0 Å². The highest BCUT2D eigenvalue weighted by molar-refractivity contribution is 5.67. The standard InChI is InChI=1S/C27H19F6NO/c1-2-3-16-4-8-20(23(29)12-16)18-6-11-26(34-15-18)17-5-9-21(24(30)13-17)27(32,33)35-19-7-10-22(28)25(31)14-19/h4-15H,2-3H2,1H3. The number of hydrogen-bond acceptors (Lipinski definition) is 2. The van der Waals surface area contributed by atoms with Crippen LogP contribution in [-0.4, -0.2) is 4.98 Å². The second-order valence-corrected chi connectivity index (χ2v) is 7.89. The normalized spacial score (nSPS) is 11.5. The van der Waals surface area contributed by atoms with Gasteiger partial charge in [-0.25, -0.2) is 17.6 Å². The molecule has 1 heterocycles. The van der Waals surface area contributed by atoms with E-state index in [0.717, 1.165) is 36.6 Å². The minimum Gasteiger partial charge on any atom is -0.429 e. The van der Waals surface area contributed by atoms with E-state index in [1.54, 1.807) is 12.1 Å². The molecule has 3 aromatic carbocycles. The Bertz CT molecular complexity index is 1350. The molecule has 0 bridgehead atoms. The van der Waals surface area contributed by atoms with Crippen LogP contribution in [-0.2, 0) is 12.5 Å². The summed E-state index contributed by atoms with van der Waals surface area (Å²) in [6.45, 7) is 2.00. The van der Waals surface area contributed by atoms with Crippen LogP contribution in [0.5, 0.6) is 5.75 Å². The average Bonchev–Trinajstić information content (AvgIpc) is 2.81. The Hall–Kier alpha value is -3.81. The van der Waals surface area contributed by atoms with E-state index in [1.165, 1.54) is 24.4 Å². The number of aryl methyl sites for hydroxylation is 1. The SMILES string of the molecule is CCCc1ccc(-c2ccc(-c3ccc(C(F)(F)Oc4ccc(F)c(F)c4)c(F)c3)nc2)c(F)c1. The Morgan fingerprint density at radius 3 is 2.14 bits per heavy atom. The summed E-state index contributed by atoms with van der Waals surface area (Å²) in [6.07, 6.45) is -1.07. The van der Waals surface area contributed by atoms with Crippen LogP contribution in [0.25, 0.3) is 22.4 Å². The maximum atomic E-state index is 14.6. The number of ether oxygens (including phenoxy) is 1. The Labute approximate surface area is 197 Å². The average molecular weight is 487 g/mol. The van der Waals surface area contributed by atoms with E-state index in [4.69, 9.17) is 0 Å². The van der Waals surface area contributed by atoms with Crippen LogP contribution in [0.3, 0.4) is 0 Å². The Kier molecular flexibility index (Phi) is 6.82. The van der Waals surface area contributed by atoms with Gasteiger partial charge in [0.1, 0.15) is 17.4 Å². The molecule has 1 aromatic heterocycles. The number of hydrogen-bond donors (Lipinski definition) is 0. The van der Waals surface area contributed by atoms with Crippen LogP contribution in [0.1, 0.15) is 24.5 Å². The van der Waals surface area contributed by atoms with Crippen molar-refractivity contribution in [1.82, 2.24) is 4.98 Å². The van der Waals surface area contributed by atoms with Crippen LogP contribution >= 0.6 is 0 Å². The maximum absolute atomic E-state index is 14.6. The molecule has 4 aromatic rings. The quantitative estimate of drug-likeness (QED) is 0.246. The summed E-state index contributed by atoms with van der Waals surface area (Å²) in [7, 11) is 0. The zero-order valence-corrected chi connectivity index (χ0v) is 18.5. The first-order valence-corrected chi connectivity index (χ1v) is 10.7. The first kappa shape index (κ1) is 24.3. The molecule has 0 atom stereocenters. The summed E-state index contributed by atoms with van der Waals surface area (Å²) in [5, 5.41) is 0. The van der Waals surface area contributed by atoms with Crippen molar-refractivity contribution < 1.29 is 31.1 Å². The third kappa shape index (κ3) is 5.31. The highest BCUT2D eigenvalue weighted by atomic mass is 19.3. The number of rotatable bonds is 7. The molecule has 8 heteroatoms. The number of pyridine rings is 1. The van der Waals surface area contributed by atoms with E-state index in [2.05, 4.69) is 9.72 Å². The fraction of sp³-hybridized carbons (Fsp3) is 0.148. The summed E-state index contributed by atoms with van der Waals surface area (Å²) in [5.74, 6) is -4.93. The van der Waals surface area contributed by atoms with Gasteiger partial charge in [0.05, 0.1) is 11.3 Å². The fourth-order valence-electron chi connectivity index (χ4n) is 3.61. The van der Waals surface area contributed by atoms with Gasteiger partial charge in [-0.1, -0.05) is 37.6 Å². The molecule has 4 rings (SSSR count). The van der Waals surface area contributed by atoms with Gasteiger partial charge >= 0.3 is 6.11 Å². The van der Waals surface area contributed by atoms with Gasteiger partial charge in [-0.3, -0.25) is 4.98 Å². The topological polar surface area (TPSA) is 22.1 Å². The molecule has 0 aliphatic heterocycles. The molecule has 0 saturated carbocycles. The van der Waals surface area contributed by atoms with Gasteiger partial charge in [0.25, 0.3) is 0 Å². The number of nitrogens with zero attached hydrogens (tertiary/aromatic N) is 1. The number of halogens is 6. The Balaban J connectivity index is 1.55. The molecule has 0 unspecified atom stereocenters. The number of aromatic nitrogens is 1. The second kappa shape index (κ2) is 9.82. The lowest BCUT2D eigenvalue weighted by Gasteiger charge is -2.19. The van der Waals surface area contributed by atoms with E-state index in [0.29, 0.717) is 23.3 Å². The van der Waals surface area contributed by atoms with Crippen molar-refractivity contribution in [3.05, 3.63) is 107 Å². The molecule has 2 nitrogen and oxygen atoms in total. The van der Waals surface area contributed by atoms with Gasteiger partial charge in [-0.2, -0.15) is 8.78 Å². The molecule has 0 aliphatic rings. The number of alkyl halides is 2. The van der Waals surface area contributed by atoms with Crippen LogP contribution in [0, 0.1) is 23.3 Å². The van der Waals surface area contributed by atoms with Gasteiger partial charge in [-0.05, 0) is 48.4 Å². The van der Waals surface area contributed by atoms with E-state index in [1.807, 2.05) is 13.0 Å². The van der Waals surface area contributed by atoms with Gasteiger partial charge < -0.3 is 4.74 Å². The molecule has 0 aliphatic carbocycles. The van der Waals surface area contributed by atoms with Gasteiger partial charge in [0.2, 0.25) is 0 Å². The van der Waals surface area contributed by atoms with Crippen molar-refractivity contribution in [2.75, 3.05) is 0 Å². The summed E-state index contributed by atoms with van der Waals surface area (Å²) in [6, 6.07) is 12.9. The smallest absolute Gasteiger partial charge is 0.429 e. The van der Waals surface area contributed by atoms with Crippen molar-refractivity contribution in [3.63, 3.8) is 0 Å². The van der Waals surface area contributed by atoms with E-state index < -0.39 is 34.9 Å². The molecule has 35 heavy (non-hydrogen) atoms. The van der Waals surface area contributed by atoms with E-state index in [9.17, 15) is 26.3 Å². The molecule has 180 valence electrons. The fourth-order valence-corrected chi connectivity index (χ4v) is 3.61. The molecular weight excluding hydrogens is 468 g/mol. The molecule has 0 radical (unpaired) electrons. The third-order valence-electron chi connectivity index (χ3n) is 5.36. The van der Waals surface area contributed by atoms with E-state index in [-0.39, 0.29) is 17.1 Å². The van der Waals surface area contributed by atoms with Crippen molar-refractivity contribution in [1.29, 1.82) is 0 Å². The summed E-state index contributed by atoms with van der Waals surface area (Å²) in [4.78, 5) is 4.21. The predicted molar refractivity (Wildman–Crippen MR) is 120 cm³/mol. The molecule has 0 spiro atoms. The van der Waals surface area contributed by atoms with Crippen LogP contribution in [0.2, 0.25) is 0 Å². The molecule has 0 amide bonds. The summed E-state index contributed by atoms with van der Waals surface area (Å²) < 4.78 is 88.8. The second-order valence-electron chi connectivity index (χ2n) is 7.89. The first-order valence-electron chi connectivity index (χ1n) is 10.7. The van der Waals surface area contributed by atoms with Gasteiger partial charge in [-0.15, -0.1) is 0 Å². The zero-order valence-electron chi connectivity index (χ0n) is 18.5. The first-order chi connectivity index (χ1) is 16.7. The lowest BCUT2D eigenvalue weighted by Crippen LogP contribution is -2.23. The zero-order chi connectivity index (χ0) is 25.2. The monoisotopic (exact) mass is 487 g/mol. The van der Waals surface area contributed by atoms with Crippen molar-refractivity contribution in [2.45, 2.75) is 25.9 Å². The van der Waals surface area contributed by atoms with Gasteiger partial charge in [0.15, 0.2) is 11.6 Å².